The predicted octanol–water partition coefficient (Wildman–Crippen LogP) is 2.44. The molecular weight excluding hydrogens is 172 g/mol. The monoisotopic (exact) mass is 188 g/mol. The van der Waals surface area contributed by atoms with Crippen LogP contribution in [0.3, 0.4) is 0 Å². The van der Waals surface area contributed by atoms with Crippen molar-refractivity contribution < 1.29 is 0 Å². The Morgan fingerprint density at radius 3 is 2.71 bits per heavy atom. The van der Waals surface area contributed by atoms with Gasteiger partial charge < -0.3 is 11.5 Å². The molecule has 0 aliphatic heterocycles. The summed E-state index contributed by atoms with van der Waals surface area (Å²) in [4.78, 5) is 0. The Bertz CT molecular complexity index is 365. The van der Waals surface area contributed by atoms with E-state index < -0.39 is 0 Å². The van der Waals surface area contributed by atoms with Gasteiger partial charge in [0.25, 0.3) is 0 Å². The van der Waals surface area contributed by atoms with E-state index in [4.69, 9.17) is 11.5 Å². The first kappa shape index (κ1) is 10.4. The van der Waals surface area contributed by atoms with Crippen LogP contribution >= 0.6 is 0 Å². The van der Waals surface area contributed by atoms with Crippen molar-refractivity contribution in [3.63, 3.8) is 0 Å². The molecule has 1 aromatic carbocycles. The van der Waals surface area contributed by atoms with Crippen molar-refractivity contribution in [2.45, 2.75) is 13.3 Å². The Balaban J connectivity index is 2.94. The first-order valence-electron chi connectivity index (χ1n) is 4.57. The van der Waals surface area contributed by atoms with Gasteiger partial charge in [-0.15, -0.1) is 0 Å². The van der Waals surface area contributed by atoms with Gasteiger partial charge in [0.15, 0.2) is 0 Å². The molecule has 0 spiro atoms. The molecule has 2 nitrogen and oxygen atoms in total. The summed E-state index contributed by atoms with van der Waals surface area (Å²) in [6, 6.07) is 3.86. The molecule has 0 saturated heterocycles. The SMILES string of the molecule is C=CC=CCc1ccc(N)c(C)c1N. The number of rotatable bonds is 3. The second-order valence-corrected chi connectivity index (χ2v) is 3.22. The van der Waals surface area contributed by atoms with Gasteiger partial charge in [0.1, 0.15) is 0 Å². The number of hydrogen-bond acceptors (Lipinski definition) is 2. The molecule has 0 atom stereocenters. The second kappa shape index (κ2) is 4.51. The first-order chi connectivity index (χ1) is 6.66. The van der Waals surface area contributed by atoms with E-state index in [1.807, 2.05) is 31.2 Å². The van der Waals surface area contributed by atoms with Crippen molar-refractivity contribution in [3.05, 3.63) is 48.1 Å². The fourth-order valence-electron chi connectivity index (χ4n) is 1.27. The van der Waals surface area contributed by atoms with Crippen LogP contribution in [0, 0.1) is 6.92 Å². The zero-order valence-corrected chi connectivity index (χ0v) is 8.46. The largest absolute Gasteiger partial charge is 0.398 e. The highest BCUT2D eigenvalue weighted by Gasteiger charge is 2.02. The number of anilines is 2. The summed E-state index contributed by atoms with van der Waals surface area (Å²) < 4.78 is 0. The zero-order valence-electron chi connectivity index (χ0n) is 8.46. The minimum Gasteiger partial charge on any atom is -0.398 e. The fraction of sp³-hybridized carbons (Fsp3) is 0.167. The molecule has 0 amide bonds. The third-order valence-electron chi connectivity index (χ3n) is 2.26. The first-order valence-corrected chi connectivity index (χ1v) is 4.57. The van der Waals surface area contributed by atoms with E-state index in [9.17, 15) is 0 Å². The maximum Gasteiger partial charge on any atom is 0.0400 e. The maximum atomic E-state index is 5.93. The molecule has 0 bridgehead atoms. The van der Waals surface area contributed by atoms with Crippen LogP contribution < -0.4 is 11.5 Å². The number of hydrogen-bond donors (Lipinski definition) is 2. The molecule has 0 unspecified atom stereocenters. The van der Waals surface area contributed by atoms with E-state index in [1.165, 1.54) is 0 Å². The number of benzene rings is 1. The molecule has 14 heavy (non-hydrogen) atoms. The summed E-state index contributed by atoms with van der Waals surface area (Å²) in [7, 11) is 0. The number of nitrogens with two attached hydrogens (primary N) is 2. The van der Waals surface area contributed by atoms with E-state index in [-0.39, 0.29) is 0 Å². The minimum atomic E-state index is 0.749. The molecule has 0 saturated carbocycles. The van der Waals surface area contributed by atoms with Gasteiger partial charge in [-0.1, -0.05) is 30.9 Å². The molecule has 1 rings (SSSR count). The fourth-order valence-corrected chi connectivity index (χ4v) is 1.27. The summed E-state index contributed by atoms with van der Waals surface area (Å²) in [6.45, 7) is 5.54. The van der Waals surface area contributed by atoms with Gasteiger partial charge in [0, 0.05) is 11.4 Å². The summed E-state index contributed by atoms with van der Waals surface area (Å²) in [5, 5.41) is 0. The molecule has 0 heterocycles. The Kier molecular flexibility index (Phi) is 3.35. The third-order valence-corrected chi connectivity index (χ3v) is 2.26. The molecule has 0 aliphatic carbocycles. The molecule has 0 radical (unpaired) electrons. The average molecular weight is 188 g/mol. The van der Waals surface area contributed by atoms with E-state index in [1.54, 1.807) is 6.08 Å². The quantitative estimate of drug-likeness (QED) is 0.565. The van der Waals surface area contributed by atoms with Gasteiger partial charge in [-0.25, -0.2) is 0 Å². The zero-order chi connectivity index (χ0) is 10.6. The lowest BCUT2D eigenvalue weighted by Gasteiger charge is -2.08. The van der Waals surface area contributed by atoms with Gasteiger partial charge >= 0.3 is 0 Å². The standard InChI is InChI=1S/C12H16N2/c1-3-4-5-6-10-7-8-11(13)9(2)12(10)14/h3-5,7-8H,1,6,13-14H2,2H3. The second-order valence-electron chi connectivity index (χ2n) is 3.22. The normalized spacial score (nSPS) is 10.6. The van der Waals surface area contributed by atoms with Crippen LogP contribution in [0.2, 0.25) is 0 Å². The lowest BCUT2D eigenvalue weighted by atomic mass is 10.0. The molecule has 74 valence electrons. The van der Waals surface area contributed by atoms with E-state index in [0.29, 0.717) is 0 Å². The van der Waals surface area contributed by atoms with Crippen LogP contribution in [0.4, 0.5) is 11.4 Å². The van der Waals surface area contributed by atoms with Crippen LogP contribution in [-0.2, 0) is 6.42 Å². The van der Waals surface area contributed by atoms with Crippen LogP contribution in [0.25, 0.3) is 0 Å². The highest BCUT2D eigenvalue weighted by molar-refractivity contribution is 5.64. The average Bonchev–Trinajstić information content (AvgIpc) is 2.18. The molecule has 2 heteroatoms. The van der Waals surface area contributed by atoms with Crippen molar-refractivity contribution in [1.82, 2.24) is 0 Å². The van der Waals surface area contributed by atoms with Crippen LogP contribution in [0.1, 0.15) is 11.1 Å². The summed E-state index contributed by atoms with van der Waals surface area (Å²) in [5.41, 5.74) is 15.3. The van der Waals surface area contributed by atoms with Crippen molar-refractivity contribution in [1.29, 1.82) is 0 Å². The van der Waals surface area contributed by atoms with Crippen molar-refractivity contribution >= 4 is 11.4 Å². The lowest BCUT2D eigenvalue weighted by molar-refractivity contribution is 1.26. The van der Waals surface area contributed by atoms with E-state index in [2.05, 4.69) is 6.58 Å². The Morgan fingerprint density at radius 1 is 1.36 bits per heavy atom. The molecule has 0 fully saturated rings. The third kappa shape index (κ3) is 2.16. The summed E-state index contributed by atoms with van der Waals surface area (Å²) in [5.74, 6) is 0. The Hall–Kier alpha value is -1.70. The number of allylic oxidation sites excluding steroid dienone is 3. The predicted molar refractivity (Wildman–Crippen MR) is 63.0 cm³/mol. The summed E-state index contributed by atoms with van der Waals surface area (Å²) in [6.07, 6.45) is 6.50. The van der Waals surface area contributed by atoms with Crippen LogP contribution in [0.5, 0.6) is 0 Å². The van der Waals surface area contributed by atoms with E-state index in [0.717, 1.165) is 28.9 Å². The van der Waals surface area contributed by atoms with Gasteiger partial charge in [-0.2, -0.15) is 0 Å². The highest BCUT2D eigenvalue weighted by atomic mass is 14.6. The minimum absolute atomic E-state index is 0.749. The van der Waals surface area contributed by atoms with Crippen molar-refractivity contribution in [2.75, 3.05) is 11.5 Å². The van der Waals surface area contributed by atoms with Crippen LogP contribution in [0.15, 0.2) is 36.9 Å². The smallest absolute Gasteiger partial charge is 0.0400 e. The molecule has 0 aliphatic rings. The Morgan fingerprint density at radius 2 is 2.07 bits per heavy atom. The molecular formula is C12H16N2. The van der Waals surface area contributed by atoms with Gasteiger partial charge in [-0.05, 0) is 30.5 Å². The Labute approximate surface area is 84.9 Å². The van der Waals surface area contributed by atoms with E-state index >= 15 is 0 Å². The lowest BCUT2D eigenvalue weighted by Crippen LogP contribution is -2.00. The molecule has 4 N–H and O–H groups in total. The molecule has 0 aromatic heterocycles. The molecule has 1 aromatic rings. The highest BCUT2D eigenvalue weighted by Crippen LogP contribution is 2.23. The topological polar surface area (TPSA) is 52.0 Å². The summed E-state index contributed by atoms with van der Waals surface area (Å²) >= 11 is 0. The van der Waals surface area contributed by atoms with Gasteiger partial charge in [0.05, 0.1) is 0 Å². The van der Waals surface area contributed by atoms with Gasteiger partial charge in [-0.3, -0.25) is 0 Å². The van der Waals surface area contributed by atoms with Gasteiger partial charge in [0.2, 0.25) is 0 Å². The van der Waals surface area contributed by atoms with Crippen molar-refractivity contribution in [3.8, 4) is 0 Å². The number of nitrogen functional groups attached to an aromatic ring is 2. The maximum absolute atomic E-state index is 5.93. The van der Waals surface area contributed by atoms with Crippen LogP contribution in [-0.4, -0.2) is 0 Å². The van der Waals surface area contributed by atoms with Crippen molar-refractivity contribution in [2.24, 2.45) is 0 Å².